The molecule has 2 nitrogen and oxygen atoms in total. The molecule has 0 radical (unpaired) electrons. The zero-order valence-corrected chi connectivity index (χ0v) is 10.9. The molecule has 0 aliphatic rings. The average molecular weight is 280 g/mol. The fourth-order valence-electron chi connectivity index (χ4n) is 1.79. The fourth-order valence-corrected chi connectivity index (χ4v) is 2.02. The summed E-state index contributed by atoms with van der Waals surface area (Å²) in [6.07, 6.45) is 1.65. The van der Waals surface area contributed by atoms with E-state index in [9.17, 15) is 0 Å². The van der Waals surface area contributed by atoms with Crippen LogP contribution < -0.4 is 5.73 Å². The van der Waals surface area contributed by atoms with E-state index in [0.29, 0.717) is 0 Å². The van der Waals surface area contributed by atoms with E-state index in [4.69, 9.17) is 10.2 Å². The lowest BCUT2D eigenvalue weighted by Gasteiger charge is -2.12. The second-order valence-corrected chi connectivity index (χ2v) is 4.75. The van der Waals surface area contributed by atoms with Gasteiger partial charge in [-0.05, 0) is 42.7 Å². The van der Waals surface area contributed by atoms with Crippen LogP contribution in [-0.2, 0) is 0 Å². The summed E-state index contributed by atoms with van der Waals surface area (Å²) in [7, 11) is 0. The topological polar surface area (TPSA) is 39.2 Å². The van der Waals surface area contributed by atoms with Gasteiger partial charge in [-0.3, -0.25) is 0 Å². The third-order valence-corrected chi connectivity index (χ3v) is 3.92. The molecule has 1 atom stereocenters. The largest absolute Gasteiger partial charge is 0.467 e. The van der Waals surface area contributed by atoms with Crippen LogP contribution in [0.25, 0.3) is 0 Å². The first-order valence-electron chi connectivity index (χ1n) is 5.15. The second kappa shape index (κ2) is 4.44. The minimum absolute atomic E-state index is 0.194. The van der Waals surface area contributed by atoms with Gasteiger partial charge in [-0.15, -0.1) is 0 Å². The lowest BCUT2D eigenvalue weighted by molar-refractivity contribution is 0.489. The van der Waals surface area contributed by atoms with Crippen LogP contribution >= 0.6 is 15.9 Å². The van der Waals surface area contributed by atoms with E-state index in [1.54, 1.807) is 6.26 Å². The van der Waals surface area contributed by atoms with Gasteiger partial charge in [0.15, 0.2) is 0 Å². The highest BCUT2D eigenvalue weighted by atomic mass is 79.9. The number of halogens is 1. The van der Waals surface area contributed by atoms with E-state index in [1.807, 2.05) is 12.1 Å². The number of rotatable bonds is 2. The summed E-state index contributed by atoms with van der Waals surface area (Å²) in [5.41, 5.74) is 9.60. The monoisotopic (exact) mass is 279 g/mol. The van der Waals surface area contributed by atoms with E-state index in [-0.39, 0.29) is 6.04 Å². The Hall–Kier alpha value is -1.06. The number of hydrogen-bond acceptors (Lipinski definition) is 2. The summed E-state index contributed by atoms with van der Waals surface area (Å²) in [5.74, 6) is 0.793. The van der Waals surface area contributed by atoms with Crippen molar-refractivity contribution in [3.8, 4) is 0 Å². The van der Waals surface area contributed by atoms with E-state index in [0.717, 1.165) is 15.8 Å². The predicted molar refractivity (Wildman–Crippen MR) is 68.4 cm³/mol. The Morgan fingerprint density at radius 2 is 1.88 bits per heavy atom. The molecule has 0 bridgehead atoms. The second-order valence-electron chi connectivity index (χ2n) is 3.96. The molecular formula is C13H14BrNO. The van der Waals surface area contributed by atoms with Crippen LogP contribution in [0.1, 0.15) is 28.5 Å². The number of nitrogens with two attached hydrogens (primary N) is 1. The van der Waals surface area contributed by atoms with Crippen LogP contribution in [-0.4, -0.2) is 0 Å². The standard InChI is InChI=1S/C13H14BrNO/c1-8-6-10(7-9(2)12(8)14)13(15)11-4-3-5-16-11/h3-7,13H,15H2,1-2H3. The quantitative estimate of drug-likeness (QED) is 0.910. The first-order chi connectivity index (χ1) is 7.59. The molecule has 0 spiro atoms. The molecule has 16 heavy (non-hydrogen) atoms. The molecule has 1 aromatic carbocycles. The van der Waals surface area contributed by atoms with Crippen molar-refractivity contribution in [2.75, 3.05) is 0 Å². The first kappa shape index (κ1) is 11.4. The van der Waals surface area contributed by atoms with Crippen molar-refractivity contribution in [3.63, 3.8) is 0 Å². The molecule has 0 saturated carbocycles. The Labute approximate surface area is 104 Å². The van der Waals surface area contributed by atoms with Gasteiger partial charge in [-0.1, -0.05) is 28.1 Å². The third kappa shape index (κ3) is 2.06. The maximum Gasteiger partial charge on any atom is 0.124 e. The van der Waals surface area contributed by atoms with Gasteiger partial charge in [0.05, 0.1) is 12.3 Å². The molecule has 1 unspecified atom stereocenters. The average Bonchev–Trinajstić information content (AvgIpc) is 2.77. The van der Waals surface area contributed by atoms with E-state index in [1.165, 1.54) is 11.1 Å². The van der Waals surface area contributed by atoms with E-state index in [2.05, 4.69) is 41.9 Å². The van der Waals surface area contributed by atoms with Crippen molar-refractivity contribution in [1.82, 2.24) is 0 Å². The maximum absolute atomic E-state index is 6.14. The maximum atomic E-state index is 6.14. The summed E-state index contributed by atoms with van der Waals surface area (Å²) >= 11 is 3.55. The highest BCUT2D eigenvalue weighted by Crippen LogP contribution is 2.27. The van der Waals surface area contributed by atoms with E-state index >= 15 is 0 Å². The Kier molecular flexibility index (Phi) is 3.17. The van der Waals surface area contributed by atoms with Gasteiger partial charge >= 0.3 is 0 Å². The molecule has 2 aromatic rings. The van der Waals surface area contributed by atoms with Crippen molar-refractivity contribution in [3.05, 3.63) is 57.5 Å². The molecule has 1 heterocycles. The zero-order valence-electron chi connectivity index (χ0n) is 9.33. The van der Waals surface area contributed by atoms with Gasteiger partial charge in [0.25, 0.3) is 0 Å². The van der Waals surface area contributed by atoms with Gasteiger partial charge in [-0.25, -0.2) is 0 Å². The van der Waals surface area contributed by atoms with E-state index < -0.39 is 0 Å². The molecule has 0 saturated heterocycles. The minimum atomic E-state index is -0.194. The van der Waals surface area contributed by atoms with Gasteiger partial charge in [-0.2, -0.15) is 0 Å². The molecule has 0 amide bonds. The van der Waals surface area contributed by atoms with Gasteiger partial charge < -0.3 is 10.2 Å². The van der Waals surface area contributed by atoms with Gasteiger partial charge in [0.1, 0.15) is 5.76 Å². The van der Waals surface area contributed by atoms with Crippen molar-refractivity contribution in [1.29, 1.82) is 0 Å². The zero-order chi connectivity index (χ0) is 11.7. The number of hydrogen-bond donors (Lipinski definition) is 1. The van der Waals surface area contributed by atoms with Crippen LogP contribution in [0.4, 0.5) is 0 Å². The molecule has 2 rings (SSSR count). The number of benzene rings is 1. The summed E-state index contributed by atoms with van der Waals surface area (Å²) in [6, 6.07) is 7.74. The SMILES string of the molecule is Cc1cc(C(N)c2ccco2)cc(C)c1Br. The van der Waals surface area contributed by atoms with Crippen LogP contribution in [0.2, 0.25) is 0 Å². The number of aryl methyl sites for hydroxylation is 2. The Morgan fingerprint density at radius 1 is 1.25 bits per heavy atom. The van der Waals surface area contributed by atoms with Crippen molar-refractivity contribution < 1.29 is 4.42 Å². The summed E-state index contributed by atoms with van der Waals surface area (Å²) < 4.78 is 6.46. The normalized spacial score (nSPS) is 12.8. The molecule has 84 valence electrons. The van der Waals surface area contributed by atoms with Gasteiger partial charge in [0.2, 0.25) is 0 Å². The molecule has 1 aromatic heterocycles. The third-order valence-electron chi connectivity index (χ3n) is 2.67. The summed E-state index contributed by atoms with van der Waals surface area (Å²) in [4.78, 5) is 0. The Bertz CT molecular complexity index is 468. The van der Waals surface area contributed by atoms with Gasteiger partial charge in [0, 0.05) is 4.47 Å². The highest BCUT2D eigenvalue weighted by molar-refractivity contribution is 9.10. The number of furan rings is 1. The highest BCUT2D eigenvalue weighted by Gasteiger charge is 2.13. The van der Waals surface area contributed by atoms with Crippen LogP contribution in [0.5, 0.6) is 0 Å². The lowest BCUT2D eigenvalue weighted by Crippen LogP contribution is -2.11. The molecule has 3 heteroatoms. The molecular weight excluding hydrogens is 266 g/mol. The Morgan fingerprint density at radius 3 is 2.38 bits per heavy atom. The molecule has 2 N–H and O–H groups in total. The van der Waals surface area contributed by atoms with Crippen molar-refractivity contribution in [2.45, 2.75) is 19.9 Å². The van der Waals surface area contributed by atoms with Crippen LogP contribution in [0.3, 0.4) is 0 Å². The summed E-state index contributed by atoms with van der Waals surface area (Å²) in [5, 5.41) is 0. The van der Waals surface area contributed by atoms with Crippen molar-refractivity contribution in [2.24, 2.45) is 5.73 Å². The van der Waals surface area contributed by atoms with Crippen LogP contribution in [0.15, 0.2) is 39.4 Å². The Balaban J connectivity index is 2.42. The minimum Gasteiger partial charge on any atom is -0.467 e. The fraction of sp³-hybridized carbons (Fsp3) is 0.231. The molecule has 0 fully saturated rings. The lowest BCUT2D eigenvalue weighted by atomic mass is 10.0. The smallest absolute Gasteiger partial charge is 0.124 e. The summed E-state index contributed by atoms with van der Waals surface area (Å²) in [6.45, 7) is 4.13. The molecule has 0 aliphatic heterocycles. The predicted octanol–water partition coefficient (Wildman–Crippen LogP) is 3.71. The first-order valence-corrected chi connectivity index (χ1v) is 5.94. The molecule has 0 aliphatic carbocycles. The van der Waals surface area contributed by atoms with Crippen LogP contribution in [0, 0.1) is 13.8 Å². The van der Waals surface area contributed by atoms with Crippen molar-refractivity contribution >= 4 is 15.9 Å².